The van der Waals surface area contributed by atoms with Crippen LogP contribution in [-0.2, 0) is 5.54 Å². The van der Waals surface area contributed by atoms with Crippen LogP contribution in [0.25, 0.3) is 16.7 Å². The van der Waals surface area contributed by atoms with Crippen LogP contribution in [0.1, 0.15) is 42.3 Å². The van der Waals surface area contributed by atoms with Crippen molar-refractivity contribution in [3.05, 3.63) is 64.2 Å². The zero-order chi connectivity index (χ0) is 21.0. The number of hydrogen-bond acceptors (Lipinski definition) is 4. The number of aryl methyl sites for hydroxylation is 2. The number of nitrogens with one attached hydrogen (secondary N) is 1. The molecular weight excluding hydrogens is 396 g/mol. The van der Waals surface area contributed by atoms with Gasteiger partial charge in [0, 0.05) is 11.6 Å². The first-order valence-electron chi connectivity index (χ1n) is 10.3. The SMILES string of the molecule is Cc1ccc(-n2nccn2)c(N2CCC[C@@]2(C)c2nc3c(C)c(Cl)ccc3[nH]2)c1C. The zero-order valence-electron chi connectivity index (χ0n) is 17.7. The summed E-state index contributed by atoms with van der Waals surface area (Å²) >= 11 is 6.35. The Labute approximate surface area is 180 Å². The summed E-state index contributed by atoms with van der Waals surface area (Å²) in [7, 11) is 0. The van der Waals surface area contributed by atoms with Crippen LogP contribution in [-0.4, -0.2) is 31.5 Å². The number of fused-ring (bicyclic) bond motifs is 1. The number of halogens is 1. The summed E-state index contributed by atoms with van der Waals surface area (Å²) in [5.74, 6) is 0.973. The number of aromatic amines is 1. The third-order valence-corrected chi connectivity index (χ3v) is 6.99. The molecule has 0 unspecified atom stereocenters. The van der Waals surface area contributed by atoms with Crippen molar-refractivity contribution < 1.29 is 0 Å². The van der Waals surface area contributed by atoms with Gasteiger partial charge in [-0.3, -0.25) is 0 Å². The van der Waals surface area contributed by atoms with Crippen LogP contribution in [0.15, 0.2) is 36.7 Å². The summed E-state index contributed by atoms with van der Waals surface area (Å²) in [6.07, 6.45) is 5.54. The minimum Gasteiger partial charge on any atom is -0.357 e. The van der Waals surface area contributed by atoms with Crippen LogP contribution in [0.3, 0.4) is 0 Å². The van der Waals surface area contributed by atoms with E-state index < -0.39 is 0 Å². The summed E-state index contributed by atoms with van der Waals surface area (Å²) < 4.78 is 0. The van der Waals surface area contributed by atoms with Gasteiger partial charge in [0.05, 0.1) is 34.7 Å². The first-order chi connectivity index (χ1) is 14.4. The lowest BCUT2D eigenvalue weighted by molar-refractivity contribution is 0.465. The molecule has 1 atom stereocenters. The van der Waals surface area contributed by atoms with Crippen LogP contribution in [0.4, 0.5) is 5.69 Å². The molecule has 1 aliphatic heterocycles. The van der Waals surface area contributed by atoms with Gasteiger partial charge in [0.15, 0.2) is 0 Å². The highest BCUT2D eigenvalue weighted by Crippen LogP contribution is 2.45. The monoisotopic (exact) mass is 420 g/mol. The van der Waals surface area contributed by atoms with E-state index in [1.165, 1.54) is 16.8 Å². The molecule has 3 heterocycles. The lowest BCUT2D eigenvalue weighted by Crippen LogP contribution is -2.40. The second-order valence-corrected chi connectivity index (χ2v) is 8.78. The highest BCUT2D eigenvalue weighted by atomic mass is 35.5. The smallest absolute Gasteiger partial charge is 0.132 e. The Kier molecular flexibility index (Phi) is 4.36. The van der Waals surface area contributed by atoms with Crippen molar-refractivity contribution in [3.8, 4) is 5.69 Å². The van der Waals surface area contributed by atoms with Gasteiger partial charge in [0.2, 0.25) is 0 Å². The fraction of sp³-hybridized carbons (Fsp3) is 0.348. The van der Waals surface area contributed by atoms with E-state index in [0.29, 0.717) is 0 Å². The molecule has 0 spiro atoms. The number of benzene rings is 2. The maximum absolute atomic E-state index is 6.35. The molecule has 0 amide bonds. The molecule has 7 heteroatoms. The van der Waals surface area contributed by atoms with Gasteiger partial charge in [-0.1, -0.05) is 17.7 Å². The second kappa shape index (κ2) is 6.84. The fourth-order valence-corrected chi connectivity index (χ4v) is 4.79. The van der Waals surface area contributed by atoms with E-state index in [-0.39, 0.29) is 5.54 Å². The van der Waals surface area contributed by atoms with Gasteiger partial charge in [-0.25, -0.2) is 4.98 Å². The predicted molar refractivity (Wildman–Crippen MR) is 121 cm³/mol. The van der Waals surface area contributed by atoms with Crippen molar-refractivity contribution in [2.75, 3.05) is 11.4 Å². The quantitative estimate of drug-likeness (QED) is 0.492. The summed E-state index contributed by atoms with van der Waals surface area (Å²) in [4.78, 5) is 12.8. The average Bonchev–Trinajstić information content (AvgIpc) is 3.47. The third-order valence-electron chi connectivity index (χ3n) is 6.58. The molecule has 1 fully saturated rings. The van der Waals surface area contributed by atoms with E-state index >= 15 is 0 Å². The summed E-state index contributed by atoms with van der Waals surface area (Å²) in [5.41, 5.74) is 7.37. The average molecular weight is 421 g/mol. The summed E-state index contributed by atoms with van der Waals surface area (Å²) in [5, 5.41) is 9.56. The van der Waals surface area contributed by atoms with E-state index in [1.54, 1.807) is 17.2 Å². The predicted octanol–water partition coefficient (Wildman–Crippen LogP) is 5.24. The van der Waals surface area contributed by atoms with Gasteiger partial charge < -0.3 is 9.88 Å². The van der Waals surface area contributed by atoms with E-state index in [2.05, 4.69) is 53.0 Å². The Morgan fingerprint density at radius 1 is 1.03 bits per heavy atom. The maximum Gasteiger partial charge on any atom is 0.132 e. The molecule has 1 N–H and O–H groups in total. The minimum atomic E-state index is -0.265. The van der Waals surface area contributed by atoms with E-state index in [4.69, 9.17) is 16.6 Å². The van der Waals surface area contributed by atoms with Crippen LogP contribution < -0.4 is 4.90 Å². The zero-order valence-corrected chi connectivity index (χ0v) is 18.5. The van der Waals surface area contributed by atoms with E-state index in [0.717, 1.165) is 52.5 Å². The highest BCUT2D eigenvalue weighted by Gasteiger charge is 2.42. The van der Waals surface area contributed by atoms with Crippen molar-refractivity contribution in [2.45, 2.75) is 46.1 Å². The molecule has 2 aromatic carbocycles. The Morgan fingerprint density at radius 3 is 2.57 bits per heavy atom. The molecule has 30 heavy (non-hydrogen) atoms. The molecule has 1 aliphatic rings. The van der Waals surface area contributed by atoms with E-state index in [9.17, 15) is 0 Å². The van der Waals surface area contributed by atoms with Crippen LogP contribution >= 0.6 is 11.6 Å². The third kappa shape index (κ3) is 2.74. The largest absolute Gasteiger partial charge is 0.357 e. The first kappa shape index (κ1) is 19.1. The van der Waals surface area contributed by atoms with Gasteiger partial charge >= 0.3 is 0 Å². The summed E-state index contributed by atoms with van der Waals surface area (Å²) in [6.45, 7) is 9.58. The Hall–Kier alpha value is -2.86. The standard InChI is InChI=1S/C23H25ClN6/c1-14-6-9-19(30-25-11-12-26-30)21(15(14)2)29-13-5-10-23(29,4)22-27-18-8-7-17(24)16(3)20(18)28-22/h6-9,11-12H,5,10,13H2,1-4H3,(H,27,28)/t23-/m0/s1. The molecule has 1 saturated heterocycles. The lowest BCUT2D eigenvalue weighted by Gasteiger charge is -2.37. The van der Waals surface area contributed by atoms with Crippen LogP contribution in [0.2, 0.25) is 5.02 Å². The number of imidazole rings is 1. The summed E-state index contributed by atoms with van der Waals surface area (Å²) in [6, 6.07) is 8.19. The fourth-order valence-electron chi connectivity index (χ4n) is 4.64. The van der Waals surface area contributed by atoms with E-state index in [1.807, 2.05) is 19.1 Å². The minimum absolute atomic E-state index is 0.265. The van der Waals surface area contributed by atoms with Crippen molar-refractivity contribution in [2.24, 2.45) is 0 Å². The van der Waals surface area contributed by atoms with Crippen molar-refractivity contribution >= 4 is 28.3 Å². The van der Waals surface area contributed by atoms with Gasteiger partial charge in [-0.2, -0.15) is 10.2 Å². The second-order valence-electron chi connectivity index (χ2n) is 8.38. The number of anilines is 1. The van der Waals surface area contributed by atoms with Crippen molar-refractivity contribution in [3.63, 3.8) is 0 Å². The Bertz CT molecular complexity index is 1240. The Balaban J connectivity index is 1.70. The molecule has 0 radical (unpaired) electrons. The molecule has 0 bridgehead atoms. The Morgan fingerprint density at radius 2 is 1.80 bits per heavy atom. The number of nitrogens with zero attached hydrogens (tertiary/aromatic N) is 5. The van der Waals surface area contributed by atoms with Gasteiger partial charge in [0.1, 0.15) is 11.5 Å². The normalized spacial score (nSPS) is 19.2. The number of hydrogen-bond donors (Lipinski definition) is 1. The van der Waals surface area contributed by atoms with Crippen molar-refractivity contribution in [1.82, 2.24) is 25.0 Å². The maximum atomic E-state index is 6.35. The number of H-pyrrole nitrogens is 1. The lowest BCUT2D eigenvalue weighted by atomic mass is 9.95. The molecule has 2 aromatic heterocycles. The van der Waals surface area contributed by atoms with Crippen LogP contribution in [0.5, 0.6) is 0 Å². The molecule has 6 nitrogen and oxygen atoms in total. The van der Waals surface area contributed by atoms with Gasteiger partial charge in [-0.15, -0.1) is 4.80 Å². The first-order valence-corrected chi connectivity index (χ1v) is 10.7. The highest BCUT2D eigenvalue weighted by molar-refractivity contribution is 6.32. The van der Waals surface area contributed by atoms with Gasteiger partial charge in [0.25, 0.3) is 0 Å². The molecule has 0 saturated carbocycles. The van der Waals surface area contributed by atoms with Crippen molar-refractivity contribution in [1.29, 1.82) is 0 Å². The topological polar surface area (TPSA) is 62.6 Å². The molecule has 5 rings (SSSR count). The molecule has 154 valence electrons. The molecule has 4 aromatic rings. The molecular formula is C23H25ClN6. The number of aromatic nitrogens is 5. The van der Waals surface area contributed by atoms with Crippen LogP contribution in [0, 0.1) is 20.8 Å². The van der Waals surface area contributed by atoms with Gasteiger partial charge in [-0.05, 0) is 75.4 Å². The molecule has 0 aliphatic carbocycles. The number of rotatable bonds is 3.